The SMILES string of the molecule is CCN(CC)CC(Cn1c2ccccc2c2ccccc21)SSC(CN(CC)CC)Cn1c2ccccc2c2ccccc21. The molecular weight excluding hydrogens is 577 g/mol. The smallest absolute Gasteiger partial charge is 0.0491 e. The molecule has 6 heteroatoms. The van der Waals surface area contributed by atoms with Crippen molar-refractivity contribution >= 4 is 65.2 Å². The second-order valence-corrected chi connectivity index (χ2v) is 14.6. The Balaban J connectivity index is 1.32. The highest BCUT2D eigenvalue weighted by molar-refractivity contribution is 8.77. The van der Waals surface area contributed by atoms with E-state index in [9.17, 15) is 0 Å². The maximum atomic E-state index is 2.60. The van der Waals surface area contributed by atoms with Crippen molar-refractivity contribution in [2.24, 2.45) is 0 Å². The summed E-state index contributed by atoms with van der Waals surface area (Å²) >= 11 is 0. The Hall–Kier alpha value is -2.90. The highest BCUT2D eigenvalue weighted by atomic mass is 33.1. The summed E-state index contributed by atoms with van der Waals surface area (Å²) < 4.78 is 5.16. The Labute approximate surface area is 270 Å². The van der Waals surface area contributed by atoms with Gasteiger partial charge in [-0.05, 0) is 50.4 Å². The molecule has 4 nitrogen and oxygen atoms in total. The quantitative estimate of drug-likeness (QED) is 0.106. The number of hydrogen-bond donors (Lipinski definition) is 0. The van der Waals surface area contributed by atoms with Gasteiger partial charge in [0.15, 0.2) is 0 Å². The van der Waals surface area contributed by atoms with Crippen molar-refractivity contribution in [3.8, 4) is 0 Å². The molecule has 4 aromatic carbocycles. The predicted molar refractivity (Wildman–Crippen MR) is 197 cm³/mol. The lowest BCUT2D eigenvalue weighted by Crippen LogP contribution is -2.34. The third kappa shape index (κ3) is 6.41. The minimum absolute atomic E-state index is 0.455. The zero-order chi connectivity index (χ0) is 30.5. The molecule has 2 heterocycles. The number of rotatable bonds is 15. The monoisotopic (exact) mass is 622 g/mol. The number of para-hydroxylation sites is 4. The van der Waals surface area contributed by atoms with Gasteiger partial charge in [-0.1, -0.05) is 122 Å². The molecule has 2 aromatic heterocycles. The van der Waals surface area contributed by atoms with Crippen LogP contribution < -0.4 is 0 Å². The molecule has 0 amide bonds. The number of hydrogen-bond acceptors (Lipinski definition) is 4. The molecule has 0 spiro atoms. The maximum Gasteiger partial charge on any atom is 0.0491 e. The number of benzene rings is 4. The summed E-state index contributed by atoms with van der Waals surface area (Å²) in [5.41, 5.74) is 5.37. The molecule has 6 rings (SSSR count). The van der Waals surface area contributed by atoms with Crippen LogP contribution >= 0.6 is 21.6 Å². The minimum atomic E-state index is 0.455. The van der Waals surface area contributed by atoms with Crippen LogP contribution in [0.5, 0.6) is 0 Å². The predicted octanol–water partition coefficient (Wildman–Crippen LogP) is 9.40. The first-order valence-corrected chi connectivity index (χ1v) is 18.6. The fraction of sp³-hybridized carbons (Fsp3) is 0.368. The van der Waals surface area contributed by atoms with E-state index in [1.807, 2.05) is 0 Å². The lowest BCUT2D eigenvalue weighted by atomic mass is 10.2. The second kappa shape index (κ2) is 14.5. The lowest BCUT2D eigenvalue weighted by Gasteiger charge is -2.29. The molecule has 230 valence electrons. The summed E-state index contributed by atoms with van der Waals surface area (Å²) in [6.45, 7) is 17.7. The molecule has 0 aliphatic rings. The molecule has 2 unspecified atom stereocenters. The normalized spacial score (nSPS) is 13.7. The maximum absolute atomic E-state index is 2.60. The number of nitrogens with zero attached hydrogens (tertiary/aromatic N) is 4. The van der Waals surface area contributed by atoms with Crippen LogP contribution in [0.1, 0.15) is 27.7 Å². The third-order valence-corrected chi connectivity index (χ3v) is 12.4. The van der Waals surface area contributed by atoms with E-state index in [-0.39, 0.29) is 0 Å². The Morgan fingerprint density at radius 1 is 0.455 bits per heavy atom. The molecule has 44 heavy (non-hydrogen) atoms. The van der Waals surface area contributed by atoms with Crippen LogP contribution in [0.4, 0.5) is 0 Å². The van der Waals surface area contributed by atoms with Gasteiger partial charge in [0, 0.05) is 80.3 Å². The van der Waals surface area contributed by atoms with Crippen LogP contribution in [-0.4, -0.2) is 68.7 Å². The van der Waals surface area contributed by atoms with Gasteiger partial charge in [0.1, 0.15) is 0 Å². The van der Waals surface area contributed by atoms with Crippen molar-refractivity contribution in [1.82, 2.24) is 18.9 Å². The number of fused-ring (bicyclic) bond motifs is 6. The minimum Gasteiger partial charge on any atom is -0.339 e. The van der Waals surface area contributed by atoms with Crippen LogP contribution in [0.25, 0.3) is 43.6 Å². The Kier molecular flexibility index (Phi) is 10.2. The first-order chi connectivity index (χ1) is 21.6. The van der Waals surface area contributed by atoms with Crippen molar-refractivity contribution in [1.29, 1.82) is 0 Å². The van der Waals surface area contributed by atoms with Gasteiger partial charge < -0.3 is 18.9 Å². The van der Waals surface area contributed by atoms with Crippen LogP contribution in [0.3, 0.4) is 0 Å². The molecule has 0 bridgehead atoms. The summed E-state index contributed by atoms with van der Waals surface area (Å²) in [5, 5.41) is 6.33. The van der Waals surface area contributed by atoms with Gasteiger partial charge in [-0.25, -0.2) is 0 Å². The van der Waals surface area contributed by atoms with Gasteiger partial charge >= 0.3 is 0 Å². The van der Waals surface area contributed by atoms with Gasteiger partial charge in [0.25, 0.3) is 0 Å². The van der Waals surface area contributed by atoms with Crippen LogP contribution in [-0.2, 0) is 13.1 Å². The van der Waals surface area contributed by atoms with Gasteiger partial charge in [-0.2, -0.15) is 0 Å². The van der Waals surface area contributed by atoms with Crippen molar-refractivity contribution in [2.45, 2.75) is 51.3 Å². The molecule has 0 saturated heterocycles. The Morgan fingerprint density at radius 3 is 1.00 bits per heavy atom. The molecule has 0 N–H and O–H groups in total. The molecule has 0 aliphatic carbocycles. The van der Waals surface area contributed by atoms with Crippen molar-refractivity contribution in [3.05, 3.63) is 97.1 Å². The highest BCUT2D eigenvalue weighted by Gasteiger charge is 2.23. The first-order valence-electron chi connectivity index (χ1n) is 16.3. The number of aromatic nitrogens is 2. The standard InChI is InChI=1S/C38H46N4S2/c1-5-39(6-2)25-29(27-41-35-21-13-9-17-31(35)32-18-10-14-22-36(32)41)43-44-30(26-40(7-3)8-4)28-42-37-23-15-11-19-33(37)34-20-12-16-24-38(34)42/h9-24,29-30H,5-8,25-28H2,1-4H3. The molecule has 0 saturated carbocycles. The topological polar surface area (TPSA) is 16.3 Å². The van der Waals surface area contributed by atoms with E-state index in [0.717, 1.165) is 52.4 Å². The summed E-state index contributed by atoms with van der Waals surface area (Å²) in [6, 6.07) is 35.7. The average Bonchev–Trinajstić information content (AvgIpc) is 3.57. The molecule has 0 radical (unpaired) electrons. The van der Waals surface area contributed by atoms with E-state index in [4.69, 9.17) is 0 Å². The van der Waals surface area contributed by atoms with Crippen molar-refractivity contribution < 1.29 is 0 Å². The summed E-state index contributed by atoms with van der Waals surface area (Å²) in [5.74, 6) is 0. The average molecular weight is 623 g/mol. The zero-order valence-electron chi connectivity index (χ0n) is 26.7. The van der Waals surface area contributed by atoms with E-state index in [1.54, 1.807) is 0 Å². The van der Waals surface area contributed by atoms with Crippen LogP contribution in [0.2, 0.25) is 0 Å². The largest absolute Gasteiger partial charge is 0.339 e. The van der Waals surface area contributed by atoms with Gasteiger partial charge in [-0.15, -0.1) is 0 Å². The van der Waals surface area contributed by atoms with E-state index in [0.29, 0.717) is 10.5 Å². The van der Waals surface area contributed by atoms with Crippen LogP contribution in [0, 0.1) is 0 Å². The molecule has 2 atom stereocenters. The Morgan fingerprint density at radius 2 is 0.727 bits per heavy atom. The molecule has 0 aliphatic heterocycles. The lowest BCUT2D eigenvalue weighted by molar-refractivity contribution is 0.298. The summed E-state index contributed by atoms with van der Waals surface area (Å²) in [7, 11) is 4.23. The first kappa shape index (κ1) is 31.1. The van der Waals surface area contributed by atoms with Crippen molar-refractivity contribution in [3.63, 3.8) is 0 Å². The van der Waals surface area contributed by atoms with E-state index in [2.05, 4.69) is 165 Å². The highest BCUT2D eigenvalue weighted by Crippen LogP contribution is 2.38. The summed E-state index contributed by atoms with van der Waals surface area (Å²) in [4.78, 5) is 5.19. The Bertz CT molecular complexity index is 1570. The molecule has 6 aromatic rings. The molecular formula is C38H46N4S2. The second-order valence-electron chi connectivity index (χ2n) is 11.7. The van der Waals surface area contributed by atoms with Gasteiger partial charge in [0.2, 0.25) is 0 Å². The fourth-order valence-electron chi connectivity index (χ4n) is 6.74. The fourth-order valence-corrected chi connectivity index (χ4v) is 9.69. The zero-order valence-corrected chi connectivity index (χ0v) is 28.3. The third-order valence-electron chi connectivity index (χ3n) is 9.17. The van der Waals surface area contributed by atoms with Gasteiger partial charge in [-0.3, -0.25) is 0 Å². The summed E-state index contributed by atoms with van der Waals surface area (Å²) in [6.07, 6.45) is 0. The van der Waals surface area contributed by atoms with Crippen molar-refractivity contribution in [2.75, 3.05) is 39.3 Å². The molecule has 0 fully saturated rings. The van der Waals surface area contributed by atoms with E-state index >= 15 is 0 Å². The van der Waals surface area contributed by atoms with E-state index in [1.165, 1.54) is 43.6 Å². The van der Waals surface area contributed by atoms with E-state index < -0.39 is 0 Å². The van der Waals surface area contributed by atoms with Gasteiger partial charge in [0.05, 0.1) is 0 Å². The van der Waals surface area contributed by atoms with Crippen LogP contribution in [0.15, 0.2) is 97.1 Å².